The number of para-hydroxylation sites is 1. The predicted molar refractivity (Wildman–Crippen MR) is 79.6 cm³/mol. The van der Waals surface area contributed by atoms with Crippen molar-refractivity contribution in [2.24, 2.45) is 5.92 Å². The van der Waals surface area contributed by atoms with Crippen LogP contribution in [0, 0.1) is 39.9 Å². The lowest BCUT2D eigenvalue weighted by Crippen LogP contribution is -2.26. The van der Waals surface area contributed by atoms with Crippen molar-refractivity contribution >= 4 is 11.5 Å². The maximum Gasteiger partial charge on any atom is 0.293 e. The summed E-state index contributed by atoms with van der Waals surface area (Å²) in [6.45, 7) is 0. The number of pyridine rings is 1. The molecule has 0 aliphatic carbocycles. The number of aromatic amines is 1. The van der Waals surface area contributed by atoms with Gasteiger partial charge in [0.2, 0.25) is 0 Å². The van der Waals surface area contributed by atoms with Crippen molar-refractivity contribution < 1.29 is 9.72 Å². The third-order valence-electron chi connectivity index (χ3n) is 3.82. The lowest BCUT2D eigenvalue weighted by atomic mass is 9.79. The van der Waals surface area contributed by atoms with Crippen LogP contribution in [0.4, 0.5) is 11.5 Å². The highest BCUT2D eigenvalue weighted by atomic mass is 16.5. The molecule has 7 heteroatoms. The van der Waals surface area contributed by atoms with Crippen LogP contribution in [0.5, 0.6) is 11.6 Å². The fourth-order valence-electron chi connectivity index (χ4n) is 2.78. The van der Waals surface area contributed by atoms with Gasteiger partial charge in [-0.3, -0.25) is 5.73 Å². The topological polar surface area (TPSA) is 147 Å². The number of nitrogens with one attached hydrogen (secondary N) is 1. The largest absolute Gasteiger partial charge is 0.423 e. The average molecular weight is 303 g/mol. The predicted octanol–water partition coefficient (Wildman–Crippen LogP) is 1.44. The molecule has 0 saturated heterocycles. The first kappa shape index (κ1) is 14.2. The van der Waals surface area contributed by atoms with Gasteiger partial charge < -0.3 is 10.5 Å². The maximum atomic E-state index is 9.35. The molecule has 7 nitrogen and oxygen atoms in total. The monoisotopic (exact) mass is 303 g/mol. The van der Waals surface area contributed by atoms with Gasteiger partial charge in [-0.05, 0) is 6.07 Å². The van der Waals surface area contributed by atoms with E-state index in [1.54, 1.807) is 24.3 Å². The lowest BCUT2D eigenvalue weighted by molar-refractivity contribution is -0.375. The second kappa shape index (κ2) is 5.22. The molecule has 1 aliphatic heterocycles. The molecule has 1 aromatic heterocycles. The number of benzene rings is 1. The van der Waals surface area contributed by atoms with Crippen LogP contribution in [-0.2, 0) is 0 Å². The van der Waals surface area contributed by atoms with E-state index >= 15 is 0 Å². The van der Waals surface area contributed by atoms with Crippen LogP contribution in [0.1, 0.15) is 22.6 Å². The fraction of sp³-hybridized carbons (Fsp3) is 0.125. The zero-order chi connectivity index (χ0) is 16.6. The Kier molecular flexibility index (Phi) is 3.22. The Balaban J connectivity index is 2.36. The Morgan fingerprint density at radius 2 is 1.83 bits per heavy atom. The molecule has 0 fully saturated rings. The van der Waals surface area contributed by atoms with Gasteiger partial charge in [0.1, 0.15) is 17.7 Å². The van der Waals surface area contributed by atoms with E-state index in [0.29, 0.717) is 16.9 Å². The number of anilines is 2. The van der Waals surface area contributed by atoms with E-state index in [0.717, 1.165) is 0 Å². The third-order valence-corrected chi connectivity index (χ3v) is 3.82. The summed E-state index contributed by atoms with van der Waals surface area (Å²) in [5.41, 5.74) is 13.2. The van der Waals surface area contributed by atoms with Gasteiger partial charge in [-0.25, -0.2) is 4.98 Å². The summed E-state index contributed by atoms with van der Waals surface area (Å²) in [5.74, 6) is -0.774. The zero-order valence-corrected chi connectivity index (χ0v) is 11.9. The van der Waals surface area contributed by atoms with Crippen LogP contribution < -0.4 is 21.2 Å². The van der Waals surface area contributed by atoms with Crippen molar-refractivity contribution in [1.29, 1.82) is 15.8 Å². The molecule has 0 spiro atoms. The molecular weight excluding hydrogens is 292 g/mol. The van der Waals surface area contributed by atoms with Crippen molar-refractivity contribution in [2.75, 3.05) is 11.5 Å². The molecule has 0 amide bonds. The third kappa shape index (κ3) is 1.98. The highest BCUT2D eigenvalue weighted by Crippen LogP contribution is 2.48. The molecule has 1 aromatic carbocycles. The SMILES string of the molecule is N#Cc1c(N)[nH+]c2c(c1N)[C@H](C(C#N)C#N)c1ccccc1O2. The highest BCUT2D eigenvalue weighted by Gasteiger charge is 2.39. The summed E-state index contributed by atoms with van der Waals surface area (Å²) >= 11 is 0. The lowest BCUT2D eigenvalue weighted by Gasteiger charge is -2.28. The minimum atomic E-state index is -0.982. The minimum Gasteiger partial charge on any atom is -0.423 e. The number of nitrogens with zero attached hydrogens (tertiary/aromatic N) is 3. The number of aromatic nitrogens is 1. The molecule has 0 unspecified atom stereocenters. The Morgan fingerprint density at radius 1 is 1.13 bits per heavy atom. The molecule has 110 valence electrons. The number of rotatable bonds is 1. The van der Waals surface area contributed by atoms with Gasteiger partial charge in [0.05, 0.1) is 29.3 Å². The normalized spacial score (nSPS) is 14.6. The number of ether oxygens (including phenoxy) is 1. The molecule has 2 aromatic rings. The van der Waals surface area contributed by atoms with Crippen molar-refractivity contribution in [3.05, 3.63) is 41.0 Å². The summed E-state index contributed by atoms with van der Waals surface area (Å²) in [6.07, 6.45) is 0. The number of hydrogen-bond acceptors (Lipinski definition) is 6. The van der Waals surface area contributed by atoms with Crippen LogP contribution in [-0.4, -0.2) is 0 Å². The average Bonchev–Trinajstić information content (AvgIpc) is 2.55. The van der Waals surface area contributed by atoms with Crippen LogP contribution in [0.3, 0.4) is 0 Å². The molecule has 0 bridgehead atoms. The molecule has 0 radical (unpaired) electrons. The number of nitriles is 3. The van der Waals surface area contributed by atoms with E-state index in [9.17, 15) is 15.8 Å². The van der Waals surface area contributed by atoms with Crippen molar-refractivity contribution in [1.82, 2.24) is 0 Å². The quantitative estimate of drug-likeness (QED) is 0.814. The summed E-state index contributed by atoms with van der Waals surface area (Å²) in [4.78, 5) is 2.80. The smallest absolute Gasteiger partial charge is 0.293 e. The molecule has 1 atom stereocenters. The van der Waals surface area contributed by atoms with Crippen LogP contribution in [0.15, 0.2) is 24.3 Å². The van der Waals surface area contributed by atoms with Gasteiger partial charge >= 0.3 is 0 Å². The van der Waals surface area contributed by atoms with E-state index in [1.807, 2.05) is 18.2 Å². The van der Waals surface area contributed by atoms with Crippen LogP contribution in [0.25, 0.3) is 0 Å². The molecule has 0 saturated carbocycles. The summed E-state index contributed by atoms with van der Waals surface area (Å²) in [6, 6.07) is 13.0. The van der Waals surface area contributed by atoms with E-state index in [-0.39, 0.29) is 22.9 Å². The number of nitrogen functional groups attached to an aromatic ring is 2. The first-order valence-electron chi connectivity index (χ1n) is 6.72. The Labute approximate surface area is 131 Å². The Morgan fingerprint density at radius 3 is 2.48 bits per heavy atom. The second-order valence-electron chi connectivity index (χ2n) is 5.04. The standard InChI is InChI=1S/C16H10N6O/c17-5-8(6-18)12-9-3-1-2-4-11(9)23-16-13(12)14(20)10(7-19)15(21)22-16/h1-4,8,12H,(H4,20,21,22)/p+1/t12-/m1/s1. The molecular formula is C16H11N6O+. The number of hydrogen-bond donors (Lipinski definition) is 2. The highest BCUT2D eigenvalue weighted by molar-refractivity contribution is 5.71. The minimum absolute atomic E-state index is 0.0753. The molecule has 23 heavy (non-hydrogen) atoms. The van der Waals surface area contributed by atoms with Gasteiger partial charge in [-0.15, -0.1) is 0 Å². The van der Waals surface area contributed by atoms with E-state index in [4.69, 9.17) is 16.2 Å². The Bertz CT molecular complexity index is 917. The molecule has 5 N–H and O–H groups in total. The second-order valence-corrected chi connectivity index (χ2v) is 5.04. The summed E-state index contributed by atoms with van der Waals surface area (Å²) in [5, 5.41) is 27.9. The van der Waals surface area contributed by atoms with E-state index < -0.39 is 11.8 Å². The van der Waals surface area contributed by atoms with Gasteiger partial charge in [-0.1, -0.05) is 18.2 Å². The van der Waals surface area contributed by atoms with Crippen LogP contribution in [0.2, 0.25) is 0 Å². The van der Waals surface area contributed by atoms with Crippen molar-refractivity contribution in [3.8, 4) is 29.8 Å². The van der Waals surface area contributed by atoms with Gasteiger partial charge in [0.25, 0.3) is 11.7 Å². The summed E-state index contributed by atoms with van der Waals surface area (Å²) < 4.78 is 5.76. The number of H-pyrrole nitrogens is 1. The van der Waals surface area contributed by atoms with Crippen molar-refractivity contribution in [2.45, 2.75) is 5.92 Å². The fourth-order valence-corrected chi connectivity index (χ4v) is 2.78. The molecule has 1 aliphatic rings. The number of fused-ring (bicyclic) bond motifs is 2. The maximum absolute atomic E-state index is 9.35. The van der Waals surface area contributed by atoms with Gasteiger partial charge in [0.15, 0.2) is 5.56 Å². The van der Waals surface area contributed by atoms with Crippen LogP contribution >= 0.6 is 0 Å². The van der Waals surface area contributed by atoms with Gasteiger partial charge in [0, 0.05) is 5.56 Å². The Hall–Kier alpha value is -3.76. The van der Waals surface area contributed by atoms with E-state index in [1.165, 1.54) is 0 Å². The zero-order valence-electron chi connectivity index (χ0n) is 11.9. The first-order valence-corrected chi connectivity index (χ1v) is 6.72. The molecule has 3 rings (SSSR count). The summed E-state index contributed by atoms with van der Waals surface area (Å²) in [7, 11) is 0. The first-order chi connectivity index (χ1) is 11.1. The molecule has 2 heterocycles. The van der Waals surface area contributed by atoms with E-state index in [2.05, 4.69) is 4.98 Å². The van der Waals surface area contributed by atoms with Gasteiger partial charge in [-0.2, -0.15) is 15.8 Å². The number of nitrogens with two attached hydrogens (primary N) is 2. The van der Waals surface area contributed by atoms with Crippen molar-refractivity contribution in [3.63, 3.8) is 0 Å².